The Hall–Kier alpha value is -1.29. The van der Waals surface area contributed by atoms with Crippen molar-refractivity contribution in [1.29, 1.82) is 0 Å². The quantitative estimate of drug-likeness (QED) is 0.925. The van der Waals surface area contributed by atoms with Crippen LogP contribution in [-0.2, 0) is 0 Å². The van der Waals surface area contributed by atoms with Gasteiger partial charge in [0.15, 0.2) is 0 Å². The highest BCUT2D eigenvalue weighted by Gasteiger charge is 2.48. The lowest BCUT2D eigenvalue weighted by Crippen LogP contribution is -2.51. The molecule has 0 spiro atoms. The first-order chi connectivity index (χ1) is 11.7. The van der Waals surface area contributed by atoms with Gasteiger partial charge in [0.05, 0.1) is 0 Å². The van der Waals surface area contributed by atoms with E-state index in [0.29, 0.717) is 6.04 Å². The zero-order chi connectivity index (χ0) is 16.1. The van der Waals surface area contributed by atoms with Crippen LogP contribution in [0.4, 0.5) is 11.5 Å². The Bertz CT molecular complexity index is 565. The Labute approximate surface area is 145 Å². The molecule has 0 unspecified atom stereocenters. The number of piperazine rings is 1. The lowest BCUT2D eigenvalue weighted by atomic mass is 9.54. The van der Waals surface area contributed by atoms with Crippen molar-refractivity contribution in [2.45, 2.75) is 38.1 Å². The molecule has 130 valence electrons. The topological polar surface area (TPSA) is 31.4 Å². The SMILES string of the molecule is CN1CCN(c2ccnc(NC3C4C[C@H]5C[C@@H](C4)C[C@@H]3C5)c2)CC1. The third-order valence-corrected chi connectivity index (χ3v) is 7.15. The lowest BCUT2D eigenvalue weighted by Gasteiger charge is -2.54. The molecular formula is C20H30N4. The monoisotopic (exact) mass is 326 g/mol. The number of pyridine rings is 1. The summed E-state index contributed by atoms with van der Waals surface area (Å²) in [4.78, 5) is 9.56. The summed E-state index contributed by atoms with van der Waals surface area (Å²) in [6, 6.07) is 5.14. The fourth-order valence-electron chi connectivity index (χ4n) is 6.09. The van der Waals surface area contributed by atoms with Crippen LogP contribution in [0.3, 0.4) is 0 Å². The number of likely N-dealkylation sites (N-methyl/N-ethyl adjacent to an activating group) is 1. The average Bonchev–Trinajstić information content (AvgIpc) is 2.58. The zero-order valence-corrected chi connectivity index (χ0v) is 14.8. The van der Waals surface area contributed by atoms with Gasteiger partial charge in [-0.25, -0.2) is 4.98 Å². The highest BCUT2D eigenvalue weighted by Crippen LogP contribution is 2.54. The van der Waals surface area contributed by atoms with Crippen LogP contribution in [-0.4, -0.2) is 49.2 Å². The van der Waals surface area contributed by atoms with E-state index in [0.717, 1.165) is 55.7 Å². The molecule has 1 aromatic heterocycles. The Kier molecular flexibility index (Phi) is 3.69. The predicted octanol–water partition coefficient (Wildman–Crippen LogP) is 3.07. The smallest absolute Gasteiger partial charge is 0.128 e. The fraction of sp³-hybridized carbons (Fsp3) is 0.750. The third kappa shape index (κ3) is 2.69. The highest BCUT2D eigenvalue weighted by molar-refractivity contribution is 5.54. The van der Waals surface area contributed by atoms with Crippen molar-refractivity contribution in [2.24, 2.45) is 23.7 Å². The molecule has 0 aromatic carbocycles. The fourth-order valence-corrected chi connectivity index (χ4v) is 6.09. The van der Waals surface area contributed by atoms with E-state index < -0.39 is 0 Å². The molecule has 0 atom stereocenters. The molecule has 2 heterocycles. The van der Waals surface area contributed by atoms with Crippen LogP contribution in [0, 0.1) is 23.7 Å². The van der Waals surface area contributed by atoms with Gasteiger partial charge in [0, 0.05) is 50.2 Å². The van der Waals surface area contributed by atoms with Crippen molar-refractivity contribution < 1.29 is 0 Å². The van der Waals surface area contributed by atoms with Crippen LogP contribution in [0.15, 0.2) is 18.3 Å². The number of hydrogen-bond donors (Lipinski definition) is 1. The maximum absolute atomic E-state index is 4.65. The maximum Gasteiger partial charge on any atom is 0.128 e. The molecule has 1 saturated heterocycles. The van der Waals surface area contributed by atoms with Crippen molar-refractivity contribution in [3.8, 4) is 0 Å². The van der Waals surface area contributed by atoms with Gasteiger partial charge >= 0.3 is 0 Å². The number of nitrogens with one attached hydrogen (secondary N) is 1. The van der Waals surface area contributed by atoms with Gasteiger partial charge in [0.1, 0.15) is 5.82 Å². The minimum Gasteiger partial charge on any atom is -0.369 e. The predicted molar refractivity (Wildman–Crippen MR) is 98.4 cm³/mol. The summed E-state index contributed by atoms with van der Waals surface area (Å²) in [6.07, 6.45) is 9.36. The molecule has 1 aromatic rings. The van der Waals surface area contributed by atoms with E-state index in [1.165, 1.54) is 37.8 Å². The summed E-state index contributed by atoms with van der Waals surface area (Å²) in [5.74, 6) is 4.97. The molecule has 0 radical (unpaired) electrons. The Morgan fingerprint density at radius 3 is 2.29 bits per heavy atom. The van der Waals surface area contributed by atoms with Crippen molar-refractivity contribution >= 4 is 11.5 Å². The maximum atomic E-state index is 4.65. The van der Waals surface area contributed by atoms with E-state index in [-0.39, 0.29) is 0 Å². The van der Waals surface area contributed by atoms with Gasteiger partial charge in [-0.2, -0.15) is 0 Å². The van der Waals surface area contributed by atoms with Crippen LogP contribution in [0.1, 0.15) is 32.1 Å². The van der Waals surface area contributed by atoms with Crippen LogP contribution < -0.4 is 10.2 Å². The van der Waals surface area contributed by atoms with Crippen LogP contribution in [0.5, 0.6) is 0 Å². The molecule has 0 amide bonds. The number of anilines is 2. The summed E-state index contributed by atoms with van der Waals surface area (Å²) in [5, 5.41) is 3.86. The Morgan fingerprint density at radius 2 is 1.62 bits per heavy atom. The second-order valence-corrected chi connectivity index (χ2v) is 8.79. The minimum atomic E-state index is 0.674. The van der Waals surface area contributed by atoms with Crippen LogP contribution >= 0.6 is 0 Å². The number of rotatable bonds is 3. The van der Waals surface area contributed by atoms with E-state index in [1.54, 1.807) is 0 Å². The first-order valence-corrected chi connectivity index (χ1v) is 9.90. The molecule has 4 aliphatic carbocycles. The van der Waals surface area contributed by atoms with Gasteiger partial charge in [-0.3, -0.25) is 0 Å². The molecule has 1 N–H and O–H groups in total. The summed E-state index contributed by atoms with van der Waals surface area (Å²) in [5.41, 5.74) is 1.34. The van der Waals surface area contributed by atoms with Crippen molar-refractivity contribution in [3.63, 3.8) is 0 Å². The van der Waals surface area contributed by atoms with Gasteiger partial charge in [-0.1, -0.05) is 0 Å². The summed E-state index contributed by atoms with van der Waals surface area (Å²) < 4.78 is 0. The van der Waals surface area contributed by atoms with E-state index >= 15 is 0 Å². The number of nitrogens with zero attached hydrogens (tertiary/aromatic N) is 3. The lowest BCUT2D eigenvalue weighted by molar-refractivity contribution is 0.00742. The third-order valence-electron chi connectivity index (χ3n) is 7.15. The van der Waals surface area contributed by atoms with Crippen molar-refractivity contribution in [3.05, 3.63) is 18.3 Å². The van der Waals surface area contributed by atoms with E-state index in [4.69, 9.17) is 0 Å². The largest absolute Gasteiger partial charge is 0.369 e. The van der Waals surface area contributed by atoms with E-state index in [1.807, 2.05) is 6.20 Å². The molecule has 1 aliphatic heterocycles. The van der Waals surface area contributed by atoms with Crippen molar-refractivity contribution in [1.82, 2.24) is 9.88 Å². The molecular weight excluding hydrogens is 296 g/mol. The molecule has 4 heteroatoms. The Balaban J connectivity index is 1.30. The van der Waals surface area contributed by atoms with Gasteiger partial charge in [-0.15, -0.1) is 0 Å². The second kappa shape index (κ2) is 5.91. The van der Waals surface area contributed by atoms with Crippen LogP contribution in [0.2, 0.25) is 0 Å². The van der Waals surface area contributed by atoms with Gasteiger partial charge in [0.2, 0.25) is 0 Å². The summed E-state index contributed by atoms with van der Waals surface area (Å²) in [6.45, 7) is 4.55. The average molecular weight is 326 g/mol. The molecule has 4 bridgehead atoms. The first-order valence-electron chi connectivity index (χ1n) is 9.90. The molecule has 4 saturated carbocycles. The van der Waals surface area contributed by atoms with E-state index in [2.05, 4.69) is 39.3 Å². The normalized spacial score (nSPS) is 38.5. The number of aromatic nitrogens is 1. The second-order valence-electron chi connectivity index (χ2n) is 8.79. The minimum absolute atomic E-state index is 0.674. The van der Waals surface area contributed by atoms with Gasteiger partial charge in [-0.05, 0) is 68.9 Å². The molecule has 5 aliphatic rings. The molecule has 4 nitrogen and oxygen atoms in total. The summed E-state index contributed by atoms with van der Waals surface area (Å²) >= 11 is 0. The van der Waals surface area contributed by atoms with Crippen molar-refractivity contribution in [2.75, 3.05) is 43.4 Å². The zero-order valence-electron chi connectivity index (χ0n) is 14.8. The van der Waals surface area contributed by atoms with Crippen LogP contribution in [0.25, 0.3) is 0 Å². The van der Waals surface area contributed by atoms with E-state index in [9.17, 15) is 0 Å². The first kappa shape index (κ1) is 15.0. The molecule has 5 fully saturated rings. The highest BCUT2D eigenvalue weighted by atomic mass is 15.2. The Morgan fingerprint density at radius 1 is 0.958 bits per heavy atom. The van der Waals surface area contributed by atoms with Gasteiger partial charge < -0.3 is 15.1 Å². The standard InChI is InChI=1S/C20H30N4/c1-23-4-6-24(7-5-23)18-2-3-21-19(13-18)22-20-16-9-14-8-15(11-16)12-17(20)10-14/h2-3,13-17,20H,4-12H2,1H3,(H,21,22)/t14-,15+,16-,17?,20?. The molecule has 24 heavy (non-hydrogen) atoms. The summed E-state index contributed by atoms with van der Waals surface area (Å²) in [7, 11) is 2.21. The molecule has 6 rings (SSSR count). The number of hydrogen-bond acceptors (Lipinski definition) is 4. The van der Waals surface area contributed by atoms with Gasteiger partial charge in [0.25, 0.3) is 0 Å².